The van der Waals surface area contributed by atoms with Crippen LogP contribution in [-0.2, 0) is 4.79 Å². The summed E-state index contributed by atoms with van der Waals surface area (Å²) in [6.07, 6.45) is 0. The smallest absolute Gasteiger partial charge is 1.00 e. The monoisotopic (exact) mass is 200 g/mol. The molecule has 0 saturated carbocycles. The molecule has 1 aromatic rings. The van der Waals surface area contributed by atoms with Crippen LogP contribution in [0.1, 0.15) is 13.0 Å². The average molecular weight is 200 g/mol. The van der Waals surface area contributed by atoms with Crippen LogP contribution in [0, 0.1) is 0 Å². The number of carbonyl (C=O) groups excluding carboxylic acids is 2. The molecule has 0 aliphatic carbocycles. The van der Waals surface area contributed by atoms with E-state index in [1.165, 1.54) is 0 Å². The van der Waals surface area contributed by atoms with Gasteiger partial charge in [0.1, 0.15) is 6.04 Å². The maximum absolute atomic E-state index is 11.2. The first-order valence-corrected chi connectivity index (χ1v) is 3.93. The van der Waals surface area contributed by atoms with Crippen LogP contribution in [0.4, 0.5) is 4.79 Å². The summed E-state index contributed by atoms with van der Waals surface area (Å²) in [5.41, 5.74) is 0.797. The van der Waals surface area contributed by atoms with Crippen molar-refractivity contribution in [2.45, 2.75) is 6.04 Å². The van der Waals surface area contributed by atoms with Crippen molar-refractivity contribution in [1.29, 1.82) is 0 Å². The minimum absolute atomic E-state index is 0. The third-order valence-electron chi connectivity index (χ3n) is 1.91. The number of imide groups is 1. The summed E-state index contributed by atoms with van der Waals surface area (Å²) in [4.78, 5) is 22.0. The normalized spacial score (nSPS) is 19.6. The molecule has 0 bridgehead atoms. The third kappa shape index (κ3) is 2.15. The molecule has 3 amide bonds. The molecule has 1 atom stereocenters. The molecule has 1 unspecified atom stereocenters. The zero-order valence-corrected chi connectivity index (χ0v) is 9.78. The van der Waals surface area contributed by atoms with Crippen molar-refractivity contribution >= 4 is 11.9 Å². The molecule has 2 rings (SSSR count). The Kier molecular flexibility index (Phi) is 3.69. The summed E-state index contributed by atoms with van der Waals surface area (Å²) in [6.45, 7) is 0. The van der Waals surface area contributed by atoms with Crippen LogP contribution in [0.5, 0.6) is 0 Å². The van der Waals surface area contributed by atoms with Gasteiger partial charge in [-0.1, -0.05) is 30.3 Å². The van der Waals surface area contributed by atoms with Gasteiger partial charge < -0.3 is 6.74 Å². The first kappa shape index (κ1) is 11.2. The molecule has 1 aromatic carbocycles. The number of benzene rings is 1. The summed E-state index contributed by atoms with van der Waals surface area (Å²) in [5, 5.41) is 4.70. The quantitative estimate of drug-likeness (QED) is 0.395. The Morgan fingerprint density at radius 1 is 1.14 bits per heavy atom. The Labute approximate surface area is 105 Å². The third-order valence-corrected chi connectivity index (χ3v) is 1.91. The van der Waals surface area contributed by atoms with Crippen LogP contribution in [-0.4, -0.2) is 11.9 Å². The Morgan fingerprint density at radius 2 is 1.79 bits per heavy atom. The molecule has 68 valence electrons. The second-order valence-electron chi connectivity index (χ2n) is 2.81. The van der Waals surface area contributed by atoms with Crippen molar-refractivity contribution in [3.8, 4) is 0 Å². The van der Waals surface area contributed by atoms with E-state index in [2.05, 4.69) is 10.6 Å². The van der Waals surface area contributed by atoms with Crippen LogP contribution in [0.3, 0.4) is 0 Å². The predicted molar refractivity (Wildman–Crippen MR) is 47.0 cm³/mol. The van der Waals surface area contributed by atoms with Crippen molar-refractivity contribution < 1.29 is 40.6 Å². The minimum Gasteiger partial charge on any atom is -1.00 e. The van der Waals surface area contributed by atoms with E-state index in [0.717, 1.165) is 5.56 Å². The maximum atomic E-state index is 11.2. The molecule has 1 saturated heterocycles. The Hall–Kier alpha value is -0.840. The van der Waals surface area contributed by atoms with E-state index in [1.54, 1.807) is 12.1 Å². The van der Waals surface area contributed by atoms with Crippen LogP contribution in [0.25, 0.3) is 0 Å². The average Bonchev–Trinajstić information content (AvgIpc) is 2.47. The molecule has 0 radical (unpaired) electrons. The summed E-state index contributed by atoms with van der Waals surface area (Å²) in [7, 11) is 0. The number of nitrogens with one attached hydrogen (secondary N) is 2. The van der Waals surface area contributed by atoms with Gasteiger partial charge in [0.05, 0.1) is 0 Å². The topological polar surface area (TPSA) is 58.2 Å². The van der Waals surface area contributed by atoms with Crippen LogP contribution in [0.2, 0.25) is 0 Å². The zero-order chi connectivity index (χ0) is 9.26. The molecule has 0 spiro atoms. The Balaban J connectivity index is 0.000000980. The Morgan fingerprint density at radius 3 is 2.29 bits per heavy atom. The van der Waals surface area contributed by atoms with Gasteiger partial charge in [-0.25, -0.2) is 4.79 Å². The predicted octanol–water partition coefficient (Wildman–Crippen LogP) is -2.32. The van der Waals surface area contributed by atoms with Crippen molar-refractivity contribution in [1.82, 2.24) is 10.6 Å². The fourth-order valence-electron chi connectivity index (χ4n) is 1.30. The van der Waals surface area contributed by atoms with Crippen molar-refractivity contribution in [3.05, 3.63) is 35.9 Å². The van der Waals surface area contributed by atoms with E-state index < -0.39 is 12.1 Å². The first-order valence-electron chi connectivity index (χ1n) is 3.93. The molecule has 1 aliphatic heterocycles. The molecule has 14 heavy (non-hydrogen) atoms. The summed E-state index contributed by atoms with van der Waals surface area (Å²) in [6, 6.07) is 8.15. The molecule has 1 heterocycles. The fourth-order valence-corrected chi connectivity index (χ4v) is 1.30. The van der Waals surface area contributed by atoms with Crippen molar-refractivity contribution in [2.24, 2.45) is 0 Å². The van der Waals surface area contributed by atoms with Gasteiger partial charge in [-0.05, 0) is 5.56 Å². The maximum Gasteiger partial charge on any atom is 1.00 e. The number of carbonyl (C=O) groups is 2. The van der Waals surface area contributed by atoms with Crippen LogP contribution < -0.4 is 40.2 Å². The SMILES string of the molecule is O=C1NC(=O)C(c2ccccc2)N1.[H-].[Na+]. The van der Waals surface area contributed by atoms with E-state index in [4.69, 9.17) is 0 Å². The number of hydrogen-bond acceptors (Lipinski definition) is 2. The van der Waals surface area contributed by atoms with Crippen LogP contribution in [0.15, 0.2) is 30.3 Å². The number of urea groups is 1. The molecule has 1 aliphatic rings. The number of amides is 3. The molecule has 0 aromatic heterocycles. The standard InChI is InChI=1S/C9H8N2O2.Na.H/c12-8-7(10-9(13)11-8)6-4-2-1-3-5-6;;/h1-5,7H,(H2,10,11,12,13);;/q;+1;-1. The second-order valence-corrected chi connectivity index (χ2v) is 2.81. The largest absolute Gasteiger partial charge is 1.00 e. The van der Waals surface area contributed by atoms with Gasteiger partial charge in [-0.2, -0.15) is 0 Å². The second kappa shape index (κ2) is 4.59. The number of hydrogen-bond donors (Lipinski definition) is 2. The van der Waals surface area contributed by atoms with Gasteiger partial charge in [0.25, 0.3) is 5.91 Å². The van der Waals surface area contributed by atoms with E-state index in [-0.39, 0.29) is 36.9 Å². The van der Waals surface area contributed by atoms with Gasteiger partial charge >= 0.3 is 35.6 Å². The summed E-state index contributed by atoms with van der Waals surface area (Å²) in [5.74, 6) is -0.295. The summed E-state index contributed by atoms with van der Waals surface area (Å²) >= 11 is 0. The van der Waals surface area contributed by atoms with Gasteiger partial charge in [0.15, 0.2) is 0 Å². The van der Waals surface area contributed by atoms with E-state index in [0.29, 0.717) is 0 Å². The molecule has 2 N–H and O–H groups in total. The van der Waals surface area contributed by atoms with E-state index in [1.807, 2.05) is 18.2 Å². The summed E-state index contributed by atoms with van der Waals surface area (Å²) < 4.78 is 0. The van der Waals surface area contributed by atoms with Crippen molar-refractivity contribution in [3.63, 3.8) is 0 Å². The minimum atomic E-state index is -0.534. The van der Waals surface area contributed by atoms with Crippen LogP contribution >= 0.6 is 0 Å². The Bertz CT molecular complexity index is 358. The fraction of sp³-hybridized carbons (Fsp3) is 0.111. The van der Waals surface area contributed by atoms with Gasteiger partial charge in [0, 0.05) is 0 Å². The zero-order valence-electron chi connectivity index (χ0n) is 8.78. The van der Waals surface area contributed by atoms with Gasteiger partial charge in [-0.3, -0.25) is 10.1 Å². The molecule has 1 fully saturated rings. The first-order chi connectivity index (χ1) is 6.27. The molecule has 4 nitrogen and oxygen atoms in total. The molecule has 5 heteroatoms. The number of rotatable bonds is 1. The van der Waals surface area contributed by atoms with E-state index >= 15 is 0 Å². The van der Waals surface area contributed by atoms with Gasteiger partial charge in [-0.15, -0.1) is 0 Å². The van der Waals surface area contributed by atoms with Gasteiger partial charge in [0.2, 0.25) is 0 Å². The molecular weight excluding hydrogens is 191 g/mol. The van der Waals surface area contributed by atoms with E-state index in [9.17, 15) is 9.59 Å². The molecular formula is C9H9N2NaO2. The van der Waals surface area contributed by atoms with Crippen molar-refractivity contribution in [2.75, 3.05) is 0 Å².